The summed E-state index contributed by atoms with van der Waals surface area (Å²) in [6, 6.07) is 33.1. The molecule has 0 saturated carbocycles. The SMILES string of the molecule is CC(C)[P](c1ccccc1)(c1ccccc1)c1ccccc1.I. The fourth-order valence-corrected chi connectivity index (χ4v) is 7.94. The molecule has 0 amide bonds. The molecular formula is C21H23IP. The Bertz CT molecular complexity index is 612. The van der Waals surface area contributed by atoms with Gasteiger partial charge in [0.2, 0.25) is 0 Å². The Balaban J connectivity index is 0.00000192. The van der Waals surface area contributed by atoms with Crippen LogP contribution in [0.5, 0.6) is 0 Å². The monoisotopic (exact) mass is 433 g/mol. The first-order chi connectivity index (χ1) is 10.8. The first kappa shape index (κ1) is 18.2. The van der Waals surface area contributed by atoms with E-state index in [2.05, 4.69) is 105 Å². The summed E-state index contributed by atoms with van der Waals surface area (Å²) >= 11 is 0. The quantitative estimate of drug-likeness (QED) is 0.401. The molecule has 0 unspecified atom stereocenters. The van der Waals surface area contributed by atoms with Gasteiger partial charge in [-0.2, -0.15) is 0 Å². The maximum Gasteiger partial charge on any atom is -0.0187 e. The normalized spacial score (nSPS) is 11.1. The van der Waals surface area contributed by atoms with E-state index in [0.717, 1.165) is 0 Å². The van der Waals surface area contributed by atoms with Crippen molar-refractivity contribution in [1.29, 1.82) is 0 Å². The highest BCUT2D eigenvalue weighted by atomic mass is 127. The minimum atomic E-state index is -1.63. The first-order valence-electron chi connectivity index (χ1n) is 7.82. The van der Waals surface area contributed by atoms with E-state index < -0.39 is 7.26 Å². The highest BCUT2D eigenvalue weighted by molar-refractivity contribution is 14.0. The summed E-state index contributed by atoms with van der Waals surface area (Å²) in [7, 11) is -1.63. The van der Waals surface area contributed by atoms with Crippen LogP contribution in [0.4, 0.5) is 0 Å². The number of hydrogen-bond donors (Lipinski definition) is 0. The Morgan fingerprint density at radius 1 is 0.522 bits per heavy atom. The molecule has 3 aromatic carbocycles. The molecule has 2 heteroatoms. The Morgan fingerprint density at radius 2 is 0.783 bits per heavy atom. The van der Waals surface area contributed by atoms with Crippen molar-refractivity contribution in [2.45, 2.75) is 19.5 Å². The maximum atomic E-state index is 2.36. The molecule has 0 heterocycles. The van der Waals surface area contributed by atoms with Crippen molar-refractivity contribution >= 4 is 47.2 Å². The molecule has 3 aromatic rings. The van der Waals surface area contributed by atoms with Crippen molar-refractivity contribution < 1.29 is 0 Å². The molecule has 0 nitrogen and oxygen atoms in total. The second-order valence-corrected chi connectivity index (χ2v) is 9.85. The second-order valence-electron chi connectivity index (χ2n) is 5.82. The molecule has 0 aliphatic carbocycles. The minimum absolute atomic E-state index is 0. The highest BCUT2D eigenvalue weighted by Crippen LogP contribution is 2.59. The van der Waals surface area contributed by atoms with Crippen molar-refractivity contribution in [3.63, 3.8) is 0 Å². The fourth-order valence-electron chi connectivity index (χ4n) is 3.33. The summed E-state index contributed by atoms with van der Waals surface area (Å²) in [5, 5.41) is 4.38. The zero-order chi connectivity index (χ0) is 15.4. The van der Waals surface area contributed by atoms with E-state index in [9.17, 15) is 0 Å². The van der Waals surface area contributed by atoms with Gasteiger partial charge in [0.05, 0.1) is 0 Å². The van der Waals surface area contributed by atoms with Gasteiger partial charge < -0.3 is 0 Å². The number of halogens is 1. The van der Waals surface area contributed by atoms with Crippen LogP contribution < -0.4 is 15.9 Å². The van der Waals surface area contributed by atoms with Crippen molar-refractivity contribution in [3.05, 3.63) is 91.0 Å². The Kier molecular flexibility index (Phi) is 6.38. The lowest BCUT2D eigenvalue weighted by atomic mass is 10.3. The molecule has 23 heavy (non-hydrogen) atoms. The van der Waals surface area contributed by atoms with Crippen LogP contribution in [0, 0.1) is 0 Å². The molecule has 0 aromatic heterocycles. The minimum Gasteiger partial charge on any atom is -0.107 e. The van der Waals surface area contributed by atoms with Crippen LogP contribution in [0.2, 0.25) is 0 Å². The average molecular weight is 433 g/mol. The summed E-state index contributed by atoms with van der Waals surface area (Å²) in [5.41, 5.74) is 0.555. The van der Waals surface area contributed by atoms with E-state index in [1.54, 1.807) is 0 Å². The van der Waals surface area contributed by atoms with Gasteiger partial charge in [-0.3, -0.25) is 0 Å². The Hall–Kier alpha value is -1.18. The maximum absolute atomic E-state index is 2.36. The van der Waals surface area contributed by atoms with Gasteiger partial charge in [0.1, 0.15) is 0 Å². The Labute approximate surface area is 157 Å². The molecule has 0 bridgehead atoms. The molecule has 119 valence electrons. The molecule has 0 N–H and O–H groups in total. The van der Waals surface area contributed by atoms with Gasteiger partial charge in [-0.05, 0) is 28.8 Å². The third-order valence-corrected chi connectivity index (χ3v) is 9.15. The second kappa shape index (κ2) is 8.08. The van der Waals surface area contributed by atoms with Crippen LogP contribution >= 0.6 is 31.2 Å². The average Bonchev–Trinajstić information content (AvgIpc) is 2.58. The van der Waals surface area contributed by atoms with Gasteiger partial charge in [0.15, 0.2) is 0 Å². The van der Waals surface area contributed by atoms with E-state index in [0.29, 0.717) is 5.66 Å². The molecule has 0 aliphatic heterocycles. The van der Waals surface area contributed by atoms with E-state index >= 15 is 0 Å². The van der Waals surface area contributed by atoms with Gasteiger partial charge in [-0.1, -0.05) is 105 Å². The molecule has 0 saturated heterocycles. The molecule has 1 radical (unpaired) electrons. The number of rotatable bonds is 4. The highest BCUT2D eigenvalue weighted by Gasteiger charge is 2.36. The fraction of sp³-hybridized carbons (Fsp3) is 0.143. The lowest BCUT2D eigenvalue weighted by Crippen LogP contribution is -2.36. The number of benzene rings is 3. The van der Waals surface area contributed by atoms with E-state index in [4.69, 9.17) is 0 Å². The van der Waals surface area contributed by atoms with Gasteiger partial charge in [-0.15, -0.1) is 24.0 Å². The van der Waals surface area contributed by atoms with Crippen LogP contribution in [0.15, 0.2) is 91.0 Å². The van der Waals surface area contributed by atoms with Gasteiger partial charge in [-0.25, -0.2) is 0 Å². The summed E-state index contributed by atoms with van der Waals surface area (Å²) in [4.78, 5) is 0. The smallest absolute Gasteiger partial charge is 0.0187 e. The summed E-state index contributed by atoms with van der Waals surface area (Å²) in [5.74, 6) is 0. The van der Waals surface area contributed by atoms with Gasteiger partial charge in [0, 0.05) is 0 Å². The largest absolute Gasteiger partial charge is 0.107 e. The van der Waals surface area contributed by atoms with Crippen molar-refractivity contribution in [2.75, 3.05) is 0 Å². The molecule has 0 spiro atoms. The summed E-state index contributed by atoms with van der Waals surface area (Å²) in [6.45, 7) is 4.72. The first-order valence-corrected chi connectivity index (χ1v) is 9.67. The van der Waals surface area contributed by atoms with Crippen LogP contribution in [-0.4, -0.2) is 5.66 Å². The third-order valence-electron chi connectivity index (χ3n) is 4.26. The van der Waals surface area contributed by atoms with E-state index in [1.807, 2.05) is 0 Å². The molecular weight excluding hydrogens is 410 g/mol. The predicted octanol–water partition coefficient (Wildman–Crippen LogP) is 5.01. The topological polar surface area (TPSA) is 0 Å². The summed E-state index contributed by atoms with van der Waals surface area (Å²) < 4.78 is 0. The summed E-state index contributed by atoms with van der Waals surface area (Å²) in [6.07, 6.45) is 0. The lowest BCUT2D eigenvalue weighted by molar-refractivity contribution is 1.09. The predicted molar refractivity (Wildman–Crippen MR) is 116 cm³/mol. The Morgan fingerprint density at radius 3 is 1.00 bits per heavy atom. The molecule has 0 atom stereocenters. The third kappa shape index (κ3) is 3.36. The van der Waals surface area contributed by atoms with Gasteiger partial charge in [0.25, 0.3) is 0 Å². The molecule has 0 aliphatic rings. The van der Waals surface area contributed by atoms with Crippen molar-refractivity contribution in [3.8, 4) is 0 Å². The van der Waals surface area contributed by atoms with Crippen molar-refractivity contribution in [2.24, 2.45) is 0 Å². The van der Waals surface area contributed by atoms with E-state index in [-0.39, 0.29) is 24.0 Å². The van der Waals surface area contributed by atoms with Crippen molar-refractivity contribution in [1.82, 2.24) is 0 Å². The number of hydrogen-bond acceptors (Lipinski definition) is 0. The molecule has 0 fully saturated rings. The lowest BCUT2D eigenvalue weighted by Gasteiger charge is -2.42. The van der Waals surface area contributed by atoms with Gasteiger partial charge >= 0.3 is 0 Å². The zero-order valence-electron chi connectivity index (χ0n) is 13.6. The van der Waals surface area contributed by atoms with Crippen LogP contribution in [0.1, 0.15) is 13.8 Å². The van der Waals surface area contributed by atoms with Crippen LogP contribution in [0.25, 0.3) is 0 Å². The van der Waals surface area contributed by atoms with Crippen LogP contribution in [-0.2, 0) is 0 Å². The standard InChI is InChI=1S/C21H22P.HI/c1-18(2)22(19-12-6-3-7-13-19,20-14-8-4-9-15-20)21-16-10-5-11-17-21;/h3-18H,1-2H3;1H. The van der Waals surface area contributed by atoms with E-state index in [1.165, 1.54) is 15.9 Å². The zero-order valence-corrected chi connectivity index (χ0v) is 16.8. The van der Waals surface area contributed by atoms with Crippen LogP contribution in [0.3, 0.4) is 0 Å². The molecule has 3 rings (SSSR count).